The van der Waals surface area contributed by atoms with Crippen LogP contribution in [0.2, 0.25) is 5.82 Å². The minimum atomic E-state index is -0.903. The van der Waals surface area contributed by atoms with Crippen LogP contribution < -0.4 is 25.9 Å². The van der Waals surface area contributed by atoms with Gasteiger partial charge >= 0.3 is 0 Å². The fourth-order valence-corrected chi connectivity index (χ4v) is 5.13. The van der Waals surface area contributed by atoms with Gasteiger partial charge in [-0.25, -0.2) is 4.98 Å². The van der Waals surface area contributed by atoms with Crippen LogP contribution in [0.15, 0.2) is 66.9 Å². The van der Waals surface area contributed by atoms with Crippen molar-refractivity contribution in [3.05, 3.63) is 72.6 Å². The molecule has 4 aromatic rings. The highest BCUT2D eigenvalue weighted by Crippen LogP contribution is 2.42. The summed E-state index contributed by atoms with van der Waals surface area (Å²) in [7, 11) is 1.69. The first-order valence-corrected chi connectivity index (χ1v) is 13.1. The van der Waals surface area contributed by atoms with E-state index in [1.165, 1.54) is 24.7 Å². The molecule has 2 N–H and O–H groups in total. The summed E-state index contributed by atoms with van der Waals surface area (Å²) in [5.74, 6) is 1.29. The monoisotopic (exact) mass is 480 g/mol. The van der Waals surface area contributed by atoms with Crippen molar-refractivity contribution < 1.29 is 9.47 Å². The molecule has 6 nitrogen and oxygen atoms in total. The van der Waals surface area contributed by atoms with Gasteiger partial charge in [0.05, 0.1) is 16.8 Å². The number of benzene rings is 2. The smallest absolute Gasteiger partial charge is 0.292 e. The average Bonchev–Trinajstić information content (AvgIpc) is 3.48. The topological polar surface area (TPSA) is 72.1 Å². The number of hydrogen-bond acceptors (Lipinski definition) is 5. The number of hydrogen-bond donors (Lipinski definition) is 2. The predicted octanol–water partition coefficient (Wildman–Crippen LogP) is 3.69. The first-order chi connectivity index (χ1) is 17.5. The SMILES string of the molecule is CCCCC(Bc1cccc2c1OC(C)(c1ccccn1)O2)CC(C)NBc1nc2ccccc2[nH]1. The molecule has 3 unspecified atom stereocenters. The van der Waals surface area contributed by atoms with Crippen LogP contribution in [-0.2, 0) is 5.79 Å². The quantitative estimate of drug-likeness (QED) is 0.321. The first-order valence-electron chi connectivity index (χ1n) is 13.1. The van der Waals surface area contributed by atoms with Gasteiger partial charge in [0.2, 0.25) is 0 Å². The highest BCUT2D eigenvalue weighted by atomic mass is 16.7. The number of aromatic amines is 1. The molecule has 0 aliphatic carbocycles. The maximum Gasteiger partial charge on any atom is 0.292 e. The molecule has 2 aromatic carbocycles. The van der Waals surface area contributed by atoms with E-state index in [0.717, 1.165) is 55.1 Å². The number of H-pyrrole nitrogens is 1. The minimum Gasteiger partial charge on any atom is -0.444 e. The zero-order chi connectivity index (χ0) is 25.0. The van der Waals surface area contributed by atoms with Crippen LogP contribution in [0.5, 0.6) is 11.5 Å². The summed E-state index contributed by atoms with van der Waals surface area (Å²) in [5, 5.41) is 3.68. The zero-order valence-corrected chi connectivity index (χ0v) is 21.5. The maximum atomic E-state index is 6.44. The lowest BCUT2D eigenvalue weighted by Gasteiger charge is -2.23. The summed E-state index contributed by atoms with van der Waals surface area (Å²) in [6.07, 6.45) is 6.47. The third-order valence-corrected chi connectivity index (χ3v) is 7.01. The van der Waals surface area contributed by atoms with E-state index in [9.17, 15) is 0 Å². The average molecular weight is 480 g/mol. The minimum absolute atomic E-state index is 0.368. The van der Waals surface area contributed by atoms with Gasteiger partial charge in [-0.05, 0) is 48.3 Å². The van der Waals surface area contributed by atoms with Crippen molar-refractivity contribution in [1.29, 1.82) is 0 Å². The predicted molar refractivity (Wildman–Crippen MR) is 149 cm³/mol. The number of fused-ring (bicyclic) bond motifs is 2. The van der Waals surface area contributed by atoms with Gasteiger partial charge in [0.15, 0.2) is 18.8 Å². The molecule has 1 aliphatic rings. The number of nitrogens with zero attached hydrogens (tertiary/aromatic N) is 2. The van der Waals surface area contributed by atoms with Gasteiger partial charge in [-0.15, -0.1) is 0 Å². The number of pyridine rings is 1. The van der Waals surface area contributed by atoms with Gasteiger partial charge in [-0.3, -0.25) is 4.98 Å². The van der Waals surface area contributed by atoms with Crippen LogP contribution in [0.1, 0.15) is 52.1 Å². The van der Waals surface area contributed by atoms with Crippen LogP contribution in [0, 0.1) is 0 Å². The second-order valence-corrected chi connectivity index (χ2v) is 10.0. The third kappa shape index (κ3) is 5.44. The molecule has 3 heterocycles. The van der Waals surface area contributed by atoms with Crippen LogP contribution in [0.3, 0.4) is 0 Å². The molecule has 2 aromatic heterocycles. The molecule has 0 spiro atoms. The van der Waals surface area contributed by atoms with E-state index < -0.39 is 5.79 Å². The van der Waals surface area contributed by atoms with Crippen molar-refractivity contribution >= 4 is 36.9 Å². The Kier molecular flexibility index (Phi) is 7.33. The molecule has 184 valence electrons. The Labute approximate surface area is 214 Å². The van der Waals surface area contributed by atoms with E-state index in [1.54, 1.807) is 6.20 Å². The summed E-state index contributed by atoms with van der Waals surface area (Å²) < 4.78 is 12.7. The van der Waals surface area contributed by atoms with E-state index in [2.05, 4.69) is 47.2 Å². The molecule has 0 bridgehead atoms. The molecular weight excluding hydrogens is 446 g/mol. The van der Waals surface area contributed by atoms with Crippen molar-refractivity contribution in [3.63, 3.8) is 0 Å². The van der Waals surface area contributed by atoms with Gasteiger partial charge in [-0.1, -0.05) is 69.3 Å². The number of aromatic nitrogens is 3. The summed E-state index contributed by atoms with van der Waals surface area (Å²) in [6.45, 7) is 6.47. The van der Waals surface area contributed by atoms with E-state index >= 15 is 0 Å². The molecule has 0 saturated carbocycles. The molecule has 0 saturated heterocycles. The van der Waals surface area contributed by atoms with Crippen molar-refractivity contribution in [2.75, 3.05) is 0 Å². The number of para-hydroxylation sites is 3. The molecule has 5 rings (SSSR count). The number of imidazole rings is 1. The van der Waals surface area contributed by atoms with Crippen molar-refractivity contribution in [3.8, 4) is 11.5 Å². The molecular formula is C28H34B2N4O2. The van der Waals surface area contributed by atoms with Crippen molar-refractivity contribution in [1.82, 2.24) is 20.2 Å². The zero-order valence-electron chi connectivity index (χ0n) is 21.5. The normalized spacial score (nSPS) is 18.2. The summed E-state index contributed by atoms with van der Waals surface area (Å²) >= 11 is 0. The Morgan fingerprint density at radius 3 is 2.72 bits per heavy atom. The van der Waals surface area contributed by atoms with Gasteiger partial charge in [0.1, 0.15) is 5.69 Å². The van der Waals surface area contributed by atoms with Crippen molar-refractivity contribution in [2.24, 2.45) is 0 Å². The first kappa shape index (κ1) is 24.4. The Hall–Kier alpha value is -3.25. The Morgan fingerprint density at radius 1 is 1.06 bits per heavy atom. The van der Waals surface area contributed by atoms with E-state index in [1.807, 2.05) is 49.4 Å². The number of ether oxygens (including phenoxy) is 2. The molecule has 0 amide bonds. The lowest BCUT2D eigenvalue weighted by Crippen LogP contribution is -2.40. The number of nitrogens with one attached hydrogen (secondary N) is 2. The largest absolute Gasteiger partial charge is 0.444 e. The van der Waals surface area contributed by atoms with E-state index in [4.69, 9.17) is 14.5 Å². The lowest BCUT2D eigenvalue weighted by atomic mass is 9.55. The van der Waals surface area contributed by atoms with Gasteiger partial charge < -0.3 is 19.7 Å². The van der Waals surface area contributed by atoms with Crippen LogP contribution >= 0.6 is 0 Å². The van der Waals surface area contributed by atoms with Gasteiger partial charge in [-0.2, -0.15) is 0 Å². The maximum absolute atomic E-state index is 6.44. The van der Waals surface area contributed by atoms with E-state index in [-0.39, 0.29) is 0 Å². The second kappa shape index (κ2) is 10.8. The summed E-state index contributed by atoms with van der Waals surface area (Å²) in [5.41, 5.74) is 5.06. The summed E-state index contributed by atoms with van der Waals surface area (Å²) in [6, 6.07) is 20.6. The Bertz CT molecular complexity index is 1270. The molecule has 3 atom stereocenters. The molecule has 0 fully saturated rings. The lowest BCUT2D eigenvalue weighted by molar-refractivity contribution is -0.0714. The second-order valence-electron chi connectivity index (χ2n) is 10.0. The fraction of sp³-hybridized carbons (Fsp3) is 0.357. The molecule has 1 aliphatic heterocycles. The molecule has 36 heavy (non-hydrogen) atoms. The highest BCUT2D eigenvalue weighted by molar-refractivity contribution is 6.56. The fourth-order valence-electron chi connectivity index (χ4n) is 5.13. The third-order valence-electron chi connectivity index (χ3n) is 7.01. The molecule has 0 radical (unpaired) electrons. The van der Waals surface area contributed by atoms with Crippen LogP contribution in [0.25, 0.3) is 11.0 Å². The van der Waals surface area contributed by atoms with Crippen LogP contribution in [-0.4, -0.2) is 35.7 Å². The number of unbranched alkanes of at least 4 members (excludes halogenated alkanes) is 1. The Morgan fingerprint density at radius 2 is 1.92 bits per heavy atom. The van der Waals surface area contributed by atoms with Gasteiger partial charge in [0, 0.05) is 13.1 Å². The highest BCUT2D eigenvalue weighted by Gasteiger charge is 2.41. The Balaban J connectivity index is 1.25. The molecule has 8 heteroatoms. The van der Waals surface area contributed by atoms with Crippen LogP contribution in [0.4, 0.5) is 0 Å². The summed E-state index contributed by atoms with van der Waals surface area (Å²) in [4.78, 5) is 12.6. The van der Waals surface area contributed by atoms with Gasteiger partial charge in [0.25, 0.3) is 13.2 Å². The van der Waals surface area contributed by atoms with E-state index in [0.29, 0.717) is 11.9 Å². The standard InChI is InChI=1S/C28H34B2N4O2/c1-4-5-11-20(18-19(2)34-30-27-32-22-13-6-7-14-23(22)33-27)29-21-12-10-15-24-26(21)36-28(3,35-24)25-16-8-9-17-31-25/h6-10,12-17,19-20,29-30,34H,4-5,11,18H2,1-3H3,(H,32,33). The number of rotatable bonds is 11. The van der Waals surface area contributed by atoms with Crippen molar-refractivity contribution in [2.45, 2.75) is 64.1 Å².